The topological polar surface area (TPSA) is 55.6 Å². The highest BCUT2D eigenvalue weighted by atomic mass is 19.3. The van der Waals surface area contributed by atoms with Crippen molar-refractivity contribution in [2.75, 3.05) is 13.1 Å². The van der Waals surface area contributed by atoms with Gasteiger partial charge in [0, 0.05) is 18.2 Å². The third-order valence-electron chi connectivity index (χ3n) is 4.17. The molecule has 4 nitrogen and oxygen atoms in total. The highest BCUT2D eigenvalue weighted by Gasteiger charge is 2.32. The summed E-state index contributed by atoms with van der Waals surface area (Å²) in [6.07, 6.45) is 0.896. The quantitative estimate of drug-likeness (QED) is 0.930. The largest absolute Gasteiger partial charge is 0.434 e. The Bertz CT molecular complexity index is 540. The number of carbonyl (C=O) groups excluding carboxylic acids is 1. The standard InChI is InChI=1S/C16H22F2N2O2/c1-9-4-13(5-10(2)14(9)22-16(17)18)15(21)20-8-12(7-19)6-11(20)3/h4-5,11-12,16H,6-8,19H2,1-3H3. The highest BCUT2D eigenvalue weighted by molar-refractivity contribution is 5.95. The molecule has 1 saturated heterocycles. The van der Waals surface area contributed by atoms with Crippen LogP contribution < -0.4 is 10.5 Å². The molecule has 1 amide bonds. The minimum Gasteiger partial charge on any atom is -0.434 e. The Labute approximate surface area is 129 Å². The van der Waals surface area contributed by atoms with Gasteiger partial charge >= 0.3 is 6.61 Å². The minimum atomic E-state index is -2.87. The third-order valence-corrected chi connectivity index (χ3v) is 4.17. The summed E-state index contributed by atoms with van der Waals surface area (Å²) in [7, 11) is 0. The molecule has 1 aromatic rings. The summed E-state index contributed by atoms with van der Waals surface area (Å²) in [6, 6.07) is 3.35. The molecule has 6 heteroatoms. The number of nitrogens with zero attached hydrogens (tertiary/aromatic N) is 1. The van der Waals surface area contributed by atoms with E-state index in [2.05, 4.69) is 4.74 Å². The number of hydrogen-bond donors (Lipinski definition) is 1. The van der Waals surface area contributed by atoms with Gasteiger partial charge < -0.3 is 15.4 Å². The molecule has 0 radical (unpaired) electrons. The van der Waals surface area contributed by atoms with Crippen LogP contribution >= 0.6 is 0 Å². The van der Waals surface area contributed by atoms with Gasteiger partial charge in [-0.05, 0) is 62.9 Å². The Hall–Kier alpha value is -1.69. The van der Waals surface area contributed by atoms with E-state index in [0.29, 0.717) is 35.7 Å². The number of halogens is 2. The predicted octanol–water partition coefficient (Wildman–Crippen LogP) is 2.71. The summed E-state index contributed by atoms with van der Waals surface area (Å²) in [4.78, 5) is 14.5. The molecule has 1 aromatic carbocycles. The fraction of sp³-hybridized carbons (Fsp3) is 0.562. The summed E-state index contributed by atoms with van der Waals surface area (Å²) in [5, 5.41) is 0. The van der Waals surface area contributed by atoms with Crippen LogP contribution in [0.15, 0.2) is 12.1 Å². The minimum absolute atomic E-state index is 0.0850. The summed E-state index contributed by atoms with van der Waals surface area (Å²) < 4.78 is 29.3. The maximum absolute atomic E-state index is 12.7. The van der Waals surface area contributed by atoms with E-state index in [1.165, 1.54) is 0 Å². The lowest BCUT2D eigenvalue weighted by atomic mass is 10.0. The Morgan fingerprint density at radius 3 is 2.45 bits per heavy atom. The number of ether oxygens (including phenoxy) is 1. The molecule has 1 fully saturated rings. The molecule has 0 bridgehead atoms. The van der Waals surface area contributed by atoms with Crippen molar-refractivity contribution in [2.45, 2.75) is 39.8 Å². The number of rotatable bonds is 4. The van der Waals surface area contributed by atoms with E-state index in [-0.39, 0.29) is 17.7 Å². The molecule has 2 atom stereocenters. The average Bonchev–Trinajstić information content (AvgIpc) is 2.82. The third kappa shape index (κ3) is 3.38. The van der Waals surface area contributed by atoms with Gasteiger partial charge in [0.05, 0.1) is 0 Å². The molecule has 22 heavy (non-hydrogen) atoms. The fourth-order valence-corrected chi connectivity index (χ4v) is 3.11. The normalized spacial score (nSPS) is 21.5. The number of aryl methyl sites for hydroxylation is 2. The summed E-state index contributed by atoms with van der Waals surface area (Å²) in [5.41, 5.74) is 7.25. The van der Waals surface area contributed by atoms with Gasteiger partial charge in [0.2, 0.25) is 0 Å². The number of benzene rings is 1. The van der Waals surface area contributed by atoms with Crippen molar-refractivity contribution < 1.29 is 18.3 Å². The smallest absolute Gasteiger partial charge is 0.387 e. The Morgan fingerprint density at radius 2 is 2.00 bits per heavy atom. The molecule has 1 aliphatic heterocycles. The van der Waals surface area contributed by atoms with Crippen LogP contribution in [0.2, 0.25) is 0 Å². The van der Waals surface area contributed by atoms with Gasteiger partial charge in [-0.15, -0.1) is 0 Å². The van der Waals surface area contributed by atoms with E-state index in [1.807, 2.05) is 6.92 Å². The summed E-state index contributed by atoms with van der Waals surface area (Å²) in [5.74, 6) is 0.377. The molecule has 1 aliphatic rings. The van der Waals surface area contributed by atoms with Crippen LogP contribution in [0.5, 0.6) is 5.75 Å². The van der Waals surface area contributed by atoms with Crippen LogP contribution in [0.1, 0.15) is 34.8 Å². The maximum atomic E-state index is 12.7. The lowest BCUT2D eigenvalue weighted by Gasteiger charge is -2.22. The van der Waals surface area contributed by atoms with E-state index in [1.54, 1.807) is 30.9 Å². The lowest BCUT2D eigenvalue weighted by Crippen LogP contribution is -2.34. The first-order chi connectivity index (χ1) is 10.3. The van der Waals surface area contributed by atoms with E-state index in [4.69, 9.17) is 5.73 Å². The number of nitrogens with two attached hydrogens (primary N) is 1. The highest BCUT2D eigenvalue weighted by Crippen LogP contribution is 2.29. The Morgan fingerprint density at radius 1 is 1.41 bits per heavy atom. The van der Waals surface area contributed by atoms with Gasteiger partial charge in [-0.2, -0.15) is 8.78 Å². The Kier molecular flexibility index (Phi) is 5.01. The second kappa shape index (κ2) is 6.60. The lowest BCUT2D eigenvalue weighted by molar-refractivity contribution is -0.0507. The van der Waals surface area contributed by atoms with Gasteiger partial charge in [0.15, 0.2) is 0 Å². The van der Waals surface area contributed by atoms with E-state index in [9.17, 15) is 13.6 Å². The molecule has 0 saturated carbocycles. The van der Waals surface area contributed by atoms with Crippen LogP contribution in [0.3, 0.4) is 0 Å². The summed E-state index contributed by atoms with van der Waals surface area (Å²) in [6.45, 7) is 3.66. The van der Waals surface area contributed by atoms with Crippen molar-refractivity contribution in [1.29, 1.82) is 0 Å². The van der Waals surface area contributed by atoms with E-state index in [0.717, 1.165) is 6.42 Å². The molecule has 0 spiro atoms. The molecule has 2 unspecified atom stereocenters. The van der Waals surface area contributed by atoms with Gasteiger partial charge in [0.25, 0.3) is 5.91 Å². The van der Waals surface area contributed by atoms with E-state index < -0.39 is 6.61 Å². The van der Waals surface area contributed by atoms with Crippen LogP contribution in [0.4, 0.5) is 8.78 Å². The SMILES string of the molecule is Cc1cc(C(=O)N2CC(CN)CC2C)cc(C)c1OC(F)F. The molecular weight excluding hydrogens is 290 g/mol. The van der Waals surface area contributed by atoms with Crippen LogP contribution in [0.25, 0.3) is 0 Å². The molecule has 2 N–H and O–H groups in total. The van der Waals surface area contributed by atoms with Crippen molar-refractivity contribution in [2.24, 2.45) is 11.7 Å². The number of hydrogen-bond acceptors (Lipinski definition) is 3. The van der Waals surface area contributed by atoms with Crippen LogP contribution in [-0.2, 0) is 0 Å². The molecule has 2 rings (SSSR count). The molecule has 0 aromatic heterocycles. The van der Waals surface area contributed by atoms with Crippen molar-refractivity contribution in [3.63, 3.8) is 0 Å². The number of carbonyl (C=O) groups is 1. The molecule has 0 aliphatic carbocycles. The maximum Gasteiger partial charge on any atom is 0.387 e. The first-order valence-corrected chi connectivity index (χ1v) is 7.40. The van der Waals surface area contributed by atoms with Gasteiger partial charge in [-0.25, -0.2) is 0 Å². The second-order valence-electron chi connectivity index (χ2n) is 5.96. The van der Waals surface area contributed by atoms with Crippen molar-refractivity contribution >= 4 is 5.91 Å². The van der Waals surface area contributed by atoms with Crippen LogP contribution in [-0.4, -0.2) is 36.5 Å². The average molecular weight is 312 g/mol. The molecular formula is C16H22F2N2O2. The van der Waals surface area contributed by atoms with Crippen molar-refractivity contribution in [3.05, 3.63) is 28.8 Å². The van der Waals surface area contributed by atoms with Crippen LogP contribution in [0, 0.1) is 19.8 Å². The molecule has 122 valence electrons. The second-order valence-corrected chi connectivity index (χ2v) is 5.96. The van der Waals surface area contributed by atoms with Gasteiger partial charge in [-0.1, -0.05) is 0 Å². The molecule has 1 heterocycles. The zero-order valence-corrected chi connectivity index (χ0v) is 13.1. The Balaban J connectivity index is 2.24. The van der Waals surface area contributed by atoms with Gasteiger partial charge in [-0.3, -0.25) is 4.79 Å². The van der Waals surface area contributed by atoms with E-state index >= 15 is 0 Å². The zero-order valence-electron chi connectivity index (χ0n) is 13.1. The number of amides is 1. The zero-order chi connectivity index (χ0) is 16.4. The number of alkyl halides is 2. The fourth-order valence-electron chi connectivity index (χ4n) is 3.11. The summed E-state index contributed by atoms with van der Waals surface area (Å²) >= 11 is 0. The number of likely N-dealkylation sites (tertiary alicyclic amines) is 1. The van der Waals surface area contributed by atoms with Crippen molar-refractivity contribution in [3.8, 4) is 5.75 Å². The predicted molar refractivity (Wildman–Crippen MR) is 80.2 cm³/mol. The van der Waals surface area contributed by atoms with Crippen molar-refractivity contribution in [1.82, 2.24) is 4.90 Å². The monoisotopic (exact) mass is 312 g/mol. The first kappa shape index (κ1) is 16.7. The first-order valence-electron chi connectivity index (χ1n) is 7.40. The van der Waals surface area contributed by atoms with Gasteiger partial charge in [0.1, 0.15) is 5.75 Å².